The van der Waals surface area contributed by atoms with Crippen LogP contribution in [0.2, 0.25) is 0 Å². The Balaban J connectivity index is 1.56. The van der Waals surface area contributed by atoms with Crippen LogP contribution in [0, 0.1) is 12.8 Å². The number of aryl methyl sites for hydroxylation is 1. The van der Waals surface area contributed by atoms with Crippen molar-refractivity contribution >= 4 is 28.8 Å². The molecule has 1 N–H and O–H groups in total. The highest BCUT2D eigenvalue weighted by Gasteiger charge is 2.26. The van der Waals surface area contributed by atoms with Gasteiger partial charge in [-0.25, -0.2) is 15.0 Å². The zero-order valence-electron chi connectivity index (χ0n) is 22.3. The van der Waals surface area contributed by atoms with Crippen LogP contribution in [-0.4, -0.2) is 63.2 Å². The molecule has 11 heteroatoms. The molecular weight excluding hydrogens is 484 g/mol. The highest BCUT2D eigenvalue weighted by Crippen LogP contribution is 2.28. The van der Waals surface area contributed by atoms with E-state index in [1.54, 1.807) is 42.3 Å². The van der Waals surface area contributed by atoms with Gasteiger partial charge in [-0.1, -0.05) is 19.3 Å². The number of aliphatic imine (C=N–C) groups is 1. The van der Waals surface area contributed by atoms with E-state index in [0.717, 1.165) is 24.2 Å². The van der Waals surface area contributed by atoms with E-state index in [-0.39, 0.29) is 11.4 Å². The molecule has 11 nitrogen and oxygen atoms in total. The second-order valence-electron chi connectivity index (χ2n) is 9.80. The zero-order valence-corrected chi connectivity index (χ0v) is 22.3. The molecule has 0 aromatic carbocycles. The molecule has 1 saturated carbocycles. The maximum Gasteiger partial charge on any atom is 0.294 e. The van der Waals surface area contributed by atoms with Gasteiger partial charge in [-0.2, -0.15) is 0 Å². The third-order valence-corrected chi connectivity index (χ3v) is 7.12. The van der Waals surface area contributed by atoms with Crippen molar-refractivity contribution in [2.75, 3.05) is 26.6 Å². The first kappa shape index (κ1) is 25.8. The molecule has 0 spiro atoms. The van der Waals surface area contributed by atoms with Gasteiger partial charge < -0.3 is 19.7 Å². The van der Waals surface area contributed by atoms with Gasteiger partial charge in [0.05, 0.1) is 42.5 Å². The Hall–Kier alpha value is -3.86. The third-order valence-electron chi connectivity index (χ3n) is 7.12. The normalized spacial score (nSPS) is 18.3. The predicted octanol–water partition coefficient (Wildman–Crippen LogP) is 3.34. The van der Waals surface area contributed by atoms with Crippen molar-refractivity contribution in [1.29, 1.82) is 0 Å². The van der Waals surface area contributed by atoms with Gasteiger partial charge in [0, 0.05) is 33.1 Å². The van der Waals surface area contributed by atoms with Crippen LogP contribution in [0.3, 0.4) is 0 Å². The predicted molar refractivity (Wildman–Crippen MR) is 145 cm³/mol. The number of hydrogen-bond acceptors (Lipinski definition) is 10. The minimum Gasteiger partial charge on any atom is -0.482 e. The van der Waals surface area contributed by atoms with E-state index < -0.39 is 6.35 Å². The summed E-state index contributed by atoms with van der Waals surface area (Å²) in [6, 6.07) is 3.77. The summed E-state index contributed by atoms with van der Waals surface area (Å²) >= 11 is 0. The van der Waals surface area contributed by atoms with E-state index in [4.69, 9.17) is 14.5 Å². The fraction of sp³-hybridized carbons (Fsp3) is 0.481. The monoisotopic (exact) mass is 518 g/mol. The quantitative estimate of drug-likeness (QED) is 0.479. The Bertz CT molecular complexity index is 1410. The lowest BCUT2D eigenvalue weighted by atomic mass is 9.89. The van der Waals surface area contributed by atoms with Crippen molar-refractivity contribution in [1.82, 2.24) is 29.4 Å². The number of hydrogen-bond donors (Lipinski definition) is 1. The van der Waals surface area contributed by atoms with Crippen LogP contribution in [0.15, 0.2) is 40.2 Å². The van der Waals surface area contributed by atoms with Crippen molar-refractivity contribution in [3.05, 3.63) is 57.8 Å². The highest BCUT2D eigenvalue weighted by molar-refractivity contribution is 6.10. The molecule has 1 aliphatic heterocycles. The van der Waals surface area contributed by atoms with Gasteiger partial charge in [-0.3, -0.25) is 19.3 Å². The molecule has 0 bridgehead atoms. The van der Waals surface area contributed by atoms with Crippen molar-refractivity contribution in [3.63, 3.8) is 0 Å². The molecule has 2 aliphatic rings. The number of nitrogens with zero attached hydrogens (tertiary/aromatic N) is 7. The van der Waals surface area contributed by atoms with Crippen molar-refractivity contribution in [3.8, 4) is 0 Å². The zero-order chi connectivity index (χ0) is 26.6. The van der Waals surface area contributed by atoms with Gasteiger partial charge >= 0.3 is 0 Å². The number of rotatable bonds is 8. The Labute approximate surface area is 221 Å². The summed E-state index contributed by atoms with van der Waals surface area (Å²) in [5.74, 6) is 1.29. The van der Waals surface area contributed by atoms with Gasteiger partial charge in [-0.15, -0.1) is 0 Å². The average Bonchev–Trinajstić information content (AvgIpc) is 2.94. The summed E-state index contributed by atoms with van der Waals surface area (Å²) in [6.45, 7) is 2.84. The summed E-state index contributed by atoms with van der Waals surface area (Å²) in [5.41, 5.74) is 3.92. The Kier molecular flexibility index (Phi) is 7.64. The second-order valence-corrected chi connectivity index (χ2v) is 9.80. The number of allylic oxidation sites excluding steroid dienone is 1. The van der Waals surface area contributed by atoms with Gasteiger partial charge in [0.2, 0.25) is 12.2 Å². The summed E-state index contributed by atoms with van der Waals surface area (Å²) in [4.78, 5) is 38.3. The Morgan fingerprint density at radius 2 is 1.89 bits per heavy atom. The van der Waals surface area contributed by atoms with Crippen molar-refractivity contribution in [2.45, 2.75) is 58.5 Å². The van der Waals surface area contributed by atoms with Crippen LogP contribution >= 0.6 is 0 Å². The maximum absolute atomic E-state index is 13.7. The van der Waals surface area contributed by atoms with Crippen LogP contribution in [0.25, 0.3) is 16.7 Å². The molecule has 3 aromatic rings. The molecule has 1 aliphatic carbocycles. The van der Waals surface area contributed by atoms with Crippen LogP contribution in [-0.2, 0) is 22.6 Å². The Morgan fingerprint density at radius 3 is 2.61 bits per heavy atom. The number of pyridine rings is 1. The lowest BCUT2D eigenvalue weighted by molar-refractivity contribution is -0.0225. The second kappa shape index (κ2) is 11.3. The number of aromatic nitrogens is 5. The fourth-order valence-corrected chi connectivity index (χ4v) is 5.10. The molecule has 1 fully saturated rings. The first-order valence-corrected chi connectivity index (χ1v) is 13.0. The number of nitrogens with one attached hydrogen (secondary N) is 1. The van der Waals surface area contributed by atoms with E-state index in [2.05, 4.69) is 25.3 Å². The molecule has 4 heterocycles. The van der Waals surface area contributed by atoms with Gasteiger partial charge in [0.25, 0.3) is 5.56 Å². The van der Waals surface area contributed by atoms with E-state index in [9.17, 15) is 4.79 Å². The topological polar surface area (TPSA) is 120 Å². The maximum atomic E-state index is 13.7. The van der Waals surface area contributed by atoms with Crippen molar-refractivity contribution < 1.29 is 9.47 Å². The largest absolute Gasteiger partial charge is 0.482 e. The average molecular weight is 519 g/mol. The van der Waals surface area contributed by atoms with Crippen molar-refractivity contribution in [2.24, 2.45) is 10.9 Å². The molecule has 1 unspecified atom stereocenters. The van der Waals surface area contributed by atoms with E-state index in [0.29, 0.717) is 47.3 Å². The van der Waals surface area contributed by atoms with Gasteiger partial charge in [0.15, 0.2) is 11.5 Å². The Morgan fingerprint density at radius 1 is 1.08 bits per heavy atom. The SMILES string of the molecule is COC1=C(c2ccc3nc(NCc4cnc(C)cn4)c(=O)n(CC4CCCCC4)c3n2)C=NC(OC)N1C. The first-order valence-electron chi connectivity index (χ1n) is 13.0. The third kappa shape index (κ3) is 5.24. The van der Waals surface area contributed by atoms with Gasteiger partial charge in [-0.05, 0) is 37.8 Å². The molecule has 200 valence electrons. The lowest BCUT2D eigenvalue weighted by Crippen LogP contribution is -2.35. The minimum atomic E-state index is -0.479. The van der Waals surface area contributed by atoms with Crippen LogP contribution in [0.5, 0.6) is 0 Å². The summed E-state index contributed by atoms with van der Waals surface area (Å²) < 4.78 is 12.9. The summed E-state index contributed by atoms with van der Waals surface area (Å²) in [7, 11) is 5.05. The number of ether oxygens (including phenoxy) is 2. The fourth-order valence-electron chi connectivity index (χ4n) is 5.10. The van der Waals surface area contributed by atoms with E-state index in [1.807, 2.05) is 26.1 Å². The molecule has 0 radical (unpaired) electrons. The standard InChI is InChI=1S/C27H34N8O3/c1-17-12-29-19(13-28-17)14-30-23-25(36)35(16-18-8-6-5-7-9-18)24-22(32-23)11-10-21(33-24)20-15-31-27(38-4)34(2)26(20)37-3/h10-13,15,18,27H,5-9,14,16H2,1-4H3,(H,30,32). The lowest BCUT2D eigenvalue weighted by Gasteiger charge is -2.30. The molecule has 0 amide bonds. The smallest absolute Gasteiger partial charge is 0.294 e. The molecule has 1 atom stereocenters. The number of anilines is 1. The molecule has 0 saturated heterocycles. The van der Waals surface area contributed by atoms with Crippen LogP contribution < -0.4 is 10.9 Å². The first-order chi connectivity index (χ1) is 18.5. The summed E-state index contributed by atoms with van der Waals surface area (Å²) in [6.07, 6.45) is 10.5. The van der Waals surface area contributed by atoms with Crippen LogP contribution in [0.4, 0.5) is 5.82 Å². The minimum absolute atomic E-state index is 0.192. The molecule has 3 aromatic heterocycles. The number of methoxy groups -OCH3 is 2. The van der Waals surface area contributed by atoms with Crippen LogP contribution in [0.1, 0.15) is 49.2 Å². The van der Waals surface area contributed by atoms with E-state index >= 15 is 0 Å². The van der Waals surface area contributed by atoms with Gasteiger partial charge in [0.1, 0.15) is 5.52 Å². The number of fused-ring (bicyclic) bond motifs is 1. The highest BCUT2D eigenvalue weighted by atomic mass is 16.5. The molecule has 38 heavy (non-hydrogen) atoms. The summed E-state index contributed by atoms with van der Waals surface area (Å²) in [5, 5.41) is 3.18. The molecular formula is C27H34N8O3. The molecule has 5 rings (SSSR count). The van der Waals surface area contributed by atoms with E-state index in [1.165, 1.54) is 19.3 Å².